The van der Waals surface area contributed by atoms with E-state index >= 15 is 0 Å². The molecular weight excluding hydrogens is 362 g/mol. The second-order valence-electron chi connectivity index (χ2n) is 5.29. The molecule has 2 saturated carbocycles. The smallest absolute Gasteiger partial charge is 0.381 e. The first-order valence-electron chi connectivity index (χ1n) is 7.55. The first-order chi connectivity index (χ1) is 11.1. The molecule has 2 aliphatic rings. The van der Waals surface area contributed by atoms with Gasteiger partial charge >= 0.3 is 17.1 Å². The molecular formula is C20H20ClFeNO+2. The predicted octanol–water partition coefficient (Wildman–Crippen LogP) is 4.52. The molecule has 1 N–H and O–H groups in total. The van der Waals surface area contributed by atoms with Gasteiger partial charge in [-0.2, -0.15) is 0 Å². The van der Waals surface area contributed by atoms with Crippen molar-refractivity contribution in [3.8, 4) is 0 Å². The van der Waals surface area contributed by atoms with Crippen molar-refractivity contribution < 1.29 is 21.9 Å². The van der Waals surface area contributed by atoms with Crippen LogP contribution >= 0.6 is 11.6 Å². The molecule has 0 aromatic heterocycles. The molecule has 10 radical (unpaired) electrons. The number of rotatable bonds is 5. The minimum atomic E-state index is -0.00373. The predicted molar refractivity (Wildman–Crippen MR) is 96.1 cm³/mol. The number of benzene rings is 1. The fourth-order valence-electron chi connectivity index (χ4n) is 2.26. The normalized spacial score (nSPS) is 18.2. The van der Waals surface area contributed by atoms with E-state index in [0.29, 0.717) is 11.4 Å². The maximum Gasteiger partial charge on any atom is 2.00 e. The molecule has 2 nitrogen and oxygen atoms in total. The Morgan fingerprint density at radius 3 is 2.12 bits per heavy atom. The van der Waals surface area contributed by atoms with Crippen molar-refractivity contribution in [2.45, 2.75) is 19.4 Å². The maximum atomic E-state index is 11.3. The van der Waals surface area contributed by atoms with E-state index < -0.39 is 0 Å². The Morgan fingerprint density at radius 1 is 1.04 bits per heavy atom. The summed E-state index contributed by atoms with van der Waals surface area (Å²) in [5, 5.41) is 4.03. The molecule has 0 heterocycles. The van der Waals surface area contributed by atoms with Gasteiger partial charge in [-0.1, -0.05) is 17.7 Å². The average molecular weight is 382 g/mol. The van der Waals surface area contributed by atoms with E-state index in [1.165, 1.54) is 0 Å². The monoisotopic (exact) mass is 381 g/mol. The maximum absolute atomic E-state index is 11.3. The molecule has 0 unspecified atom stereocenters. The third-order valence-electron chi connectivity index (χ3n) is 3.30. The molecule has 1 atom stereocenters. The van der Waals surface area contributed by atoms with E-state index in [4.69, 9.17) is 11.6 Å². The third-order valence-corrected chi connectivity index (χ3v) is 3.54. The van der Waals surface area contributed by atoms with Crippen LogP contribution in [-0.4, -0.2) is 11.8 Å². The van der Waals surface area contributed by atoms with Crippen LogP contribution in [0.2, 0.25) is 5.02 Å². The SMILES string of the molecule is CC(=O)C[C@H](Nc1cccc(Cl)c1)[C]1[CH][CH][CH][CH]1.[CH]1[CH][CH][CH][CH]1.[Fe+2]. The van der Waals surface area contributed by atoms with Crippen molar-refractivity contribution in [3.05, 3.63) is 93.0 Å². The van der Waals surface area contributed by atoms with Crippen LogP contribution in [0.3, 0.4) is 0 Å². The zero-order valence-corrected chi connectivity index (χ0v) is 15.3. The number of hydrogen-bond acceptors (Lipinski definition) is 2. The Bertz CT molecular complexity index is 477. The van der Waals surface area contributed by atoms with Crippen LogP contribution in [0, 0.1) is 63.7 Å². The summed E-state index contributed by atoms with van der Waals surface area (Å²) in [4.78, 5) is 11.3. The van der Waals surface area contributed by atoms with E-state index in [1.807, 2.05) is 82.1 Å². The van der Waals surface area contributed by atoms with Crippen molar-refractivity contribution in [2.24, 2.45) is 0 Å². The number of anilines is 1. The molecule has 0 saturated heterocycles. The number of nitrogens with one attached hydrogen (secondary N) is 1. The first-order valence-corrected chi connectivity index (χ1v) is 7.93. The molecule has 4 heteroatoms. The van der Waals surface area contributed by atoms with Crippen molar-refractivity contribution in [3.63, 3.8) is 0 Å². The first kappa shape index (κ1) is 21.5. The topological polar surface area (TPSA) is 29.1 Å². The summed E-state index contributed by atoms with van der Waals surface area (Å²) in [6, 6.07) is 7.52. The van der Waals surface area contributed by atoms with Gasteiger partial charge in [0.1, 0.15) is 5.78 Å². The van der Waals surface area contributed by atoms with Crippen LogP contribution in [-0.2, 0) is 21.9 Å². The Balaban J connectivity index is 0.000000412. The van der Waals surface area contributed by atoms with Crippen LogP contribution in [0.25, 0.3) is 0 Å². The summed E-state index contributed by atoms with van der Waals surface area (Å²) >= 11 is 5.95. The largest absolute Gasteiger partial charge is 2.00 e. The minimum Gasteiger partial charge on any atom is -0.381 e. The molecule has 0 aliphatic heterocycles. The van der Waals surface area contributed by atoms with Gasteiger partial charge < -0.3 is 5.32 Å². The standard InChI is InChI=1S/C15H15ClNO.C5H5.Fe/c1-11(18)9-15(12-5-2-3-6-12)17-14-8-4-7-13(16)10-14;1-2-4-5-3-1;/h2-8,10,15,17H,9H2,1H3;1-5H;/q;;+2/t15-;;/m0../s1. The van der Waals surface area contributed by atoms with Crippen LogP contribution in [0.5, 0.6) is 0 Å². The fraction of sp³-hybridized carbons (Fsp3) is 0.150. The van der Waals surface area contributed by atoms with Gasteiger partial charge in [-0.3, -0.25) is 4.79 Å². The fourth-order valence-corrected chi connectivity index (χ4v) is 2.45. The molecule has 124 valence electrons. The summed E-state index contributed by atoms with van der Waals surface area (Å²) in [7, 11) is 0. The number of halogens is 1. The van der Waals surface area contributed by atoms with Crippen molar-refractivity contribution in [1.82, 2.24) is 0 Å². The quantitative estimate of drug-likeness (QED) is 0.760. The van der Waals surface area contributed by atoms with Crippen LogP contribution in [0.15, 0.2) is 24.3 Å². The van der Waals surface area contributed by atoms with Gasteiger partial charge in [-0.05, 0) is 82.9 Å². The van der Waals surface area contributed by atoms with Gasteiger partial charge in [0.2, 0.25) is 0 Å². The number of ketones is 1. The van der Waals surface area contributed by atoms with E-state index in [1.54, 1.807) is 6.92 Å². The molecule has 0 bridgehead atoms. The van der Waals surface area contributed by atoms with Crippen molar-refractivity contribution in [1.29, 1.82) is 0 Å². The Hall–Kier alpha value is -0.501. The van der Waals surface area contributed by atoms with Crippen molar-refractivity contribution in [2.75, 3.05) is 5.32 Å². The van der Waals surface area contributed by atoms with Gasteiger partial charge in [-0.25, -0.2) is 0 Å². The van der Waals surface area contributed by atoms with E-state index in [9.17, 15) is 4.79 Å². The van der Waals surface area contributed by atoms with Crippen LogP contribution < -0.4 is 5.32 Å². The molecule has 2 fully saturated rings. The van der Waals surface area contributed by atoms with Gasteiger partial charge in [0.15, 0.2) is 0 Å². The van der Waals surface area contributed by atoms with Gasteiger partial charge in [0.25, 0.3) is 0 Å². The summed E-state index contributed by atoms with van der Waals surface area (Å²) in [5.41, 5.74) is 0.926. The Morgan fingerprint density at radius 2 is 1.62 bits per heavy atom. The molecule has 0 spiro atoms. The average Bonchev–Trinajstić information content (AvgIpc) is 3.23. The second kappa shape index (κ2) is 12.0. The van der Waals surface area contributed by atoms with Gasteiger partial charge in [0.05, 0.1) is 0 Å². The molecule has 1 aromatic carbocycles. The summed E-state index contributed by atoms with van der Waals surface area (Å²) in [5.74, 6) is 1.28. The zero-order chi connectivity index (χ0) is 16.5. The molecule has 2 aliphatic carbocycles. The van der Waals surface area contributed by atoms with E-state index in [-0.39, 0.29) is 28.9 Å². The molecule has 1 aromatic rings. The molecule has 0 amide bonds. The minimum absolute atomic E-state index is 0. The van der Waals surface area contributed by atoms with E-state index in [2.05, 4.69) is 5.32 Å². The summed E-state index contributed by atoms with van der Waals surface area (Å²) in [6.45, 7) is 1.61. The van der Waals surface area contributed by atoms with E-state index in [0.717, 1.165) is 11.6 Å². The number of carbonyl (C=O) groups is 1. The molecule has 3 rings (SSSR count). The third kappa shape index (κ3) is 8.05. The Labute approximate surface area is 162 Å². The summed E-state index contributed by atoms with van der Waals surface area (Å²) in [6.07, 6.45) is 18.5. The van der Waals surface area contributed by atoms with Crippen LogP contribution in [0.4, 0.5) is 5.69 Å². The Kier molecular flexibility index (Phi) is 10.7. The number of carbonyl (C=O) groups excluding carboxylic acids is 1. The number of hydrogen-bond donors (Lipinski definition) is 1. The summed E-state index contributed by atoms with van der Waals surface area (Å²) < 4.78 is 0. The van der Waals surface area contributed by atoms with Gasteiger partial charge in [-0.15, -0.1) is 0 Å². The molecule has 24 heavy (non-hydrogen) atoms. The number of Topliss-reactive ketones (excluding diaryl/α,β-unsaturated/α-hetero) is 1. The second-order valence-corrected chi connectivity index (χ2v) is 5.73. The van der Waals surface area contributed by atoms with Crippen LogP contribution in [0.1, 0.15) is 13.3 Å². The van der Waals surface area contributed by atoms with Gasteiger partial charge in [0, 0.05) is 29.1 Å². The van der Waals surface area contributed by atoms with Crippen molar-refractivity contribution >= 4 is 23.1 Å². The zero-order valence-electron chi connectivity index (χ0n) is 13.4.